The molecule has 4 heteroatoms. The summed E-state index contributed by atoms with van der Waals surface area (Å²) >= 11 is 0. The van der Waals surface area contributed by atoms with Crippen molar-refractivity contribution in [3.63, 3.8) is 0 Å². The molecule has 0 bridgehead atoms. The number of rotatable bonds is 5. The lowest BCUT2D eigenvalue weighted by Gasteiger charge is -2.07. The second-order valence-corrected chi connectivity index (χ2v) is 5.41. The fraction of sp³-hybridized carbons (Fsp3) is 0.100. The second kappa shape index (κ2) is 7.04. The molecule has 0 saturated heterocycles. The van der Waals surface area contributed by atoms with Crippen LogP contribution in [0.15, 0.2) is 66.9 Å². The summed E-state index contributed by atoms with van der Waals surface area (Å²) in [7, 11) is 0. The molecule has 3 nitrogen and oxygen atoms in total. The van der Waals surface area contributed by atoms with Crippen LogP contribution in [0.1, 0.15) is 22.8 Å². The van der Waals surface area contributed by atoms with Crippen molar-refractivity contribution in [3.8, 4) is 17.0 Å². The third-order valence-corrected chi connectivity index (χ3v) is 3.64. The molecule has 0 aliphatic carbocycles. The van der Waals surface area contributed by atoms with Crippen LogP contribution in [0.3, 0.4) is 0 Å². The molecule has 0 aliphatic heterocycles. The summed E-state index contributed by atoms with van der Waals surface area (Å²) in [5, 5.41) is 0. The molecule has 120 valence electrons. The summed E-state index contributed by atoms with van der Waals surface area (Å²) in [4.78, 5) is 15.7. The summed E-state index contributed by atoms with van der Waals surface area (Å²) in [6.45, 7) is 1.79. The molecule has 1 heterocycles. The number of ketones is 1. The Kier molecular flexibility index (Phi) is 4.66. The highest BCUT2D eigenvalue weighted by atomic mass is 19.1. The highest BCUT2D eigenvalue weighted by Gasteiger charge is 2.09. The highest BCUT2D eigenvalue weighted by Crippen LogP contribution is 2.23. The van der Waals surface area contributed by atoms with Crippen molar-refractivity contribution in [2.45, 2.75) is 13.5 Å². The Hall–Kier alpha value is -3.01. The van der Waals surface area contributed by atoms with E-state index in [0.29, 0.717) is 12.5 Å². The third-order valence-electron chi connectivity index (χ3n) is 3.64. The maximum atomic E-state index is 13.6. The number of pyridine rings is 1. The molecule has 1 aromatic heterocycles. The Balaban J connectivity index is 1.75. The van der Waals surface area contributed by atoms with Crippen LogP contribution < -0.4 is 4.74 Å². The summed E-state index contributed by atoms with van der Waals surface area (Å²) in [6, 6.07) is 17.9. The smallest absolute Gasteiger partial charge is 0.213 e. The van der Waals surface area contributed by atoms with Crippen LogP contribution in [0.25, 0.3) is 11.1 Å². The van der Waals surface area contributed by atoms with E-state index < -0.39 is 5.82 Å². The largest absolute Gasteiger partial charge is 0.473 e. The maximum Gasteiger partial charge on any atom is 0.213 e. The van der Waals surface area contributed by atoms with Gasteiger partial charge in [0.1, 0.15) is 12.4 Å². The zero-order valence-electron chi connectivity index (χ0n) is 13.2. The van der Waals surface area contributed by atoms with Gasteiger partial charge in [-0.1, -0.05) is 36.4 Å². The van der Waals surface area contributed by atoms with E-state index >= 15 is 0 Å². The van der Waals surface area contributed by atoms with Gasteiger partial charge in [0, 0.05) is 17.8 Å². The van der Waals surface area contributed by atoms with Crippen LogP contribution >= 0.6 is 0 Å². The zero-order chi connectivity index (χ0) is 16.9. The normalized spacial score (nSPS) is 10.4. The molecule has 0 radical (unpaired) electrons. The third kappa shape index (κ3) is 3.66. The number of aromatic nitrogens is 1. The lowest BCUT2D eigenvalue weighted by Crippen LogP contribution is -1.98. The molecule has 0 fully saturated rings. The molecular formula is C20H16FNO2. The van der Waals surface area contributed by atoms with Gasteiger partial charge >= 0.3 is 0 Å². The van der Waals surface area contributed by atoms with E-state index in [1.165, 1.54) is 13.0 Å². The monoisotopic (exact) mass is 321 g/mol. The average molecular weight is 321 g/mol. The Morgan fingerprint density at radius 2 is 1.79 bits per heavy atom. The first-order valence-electron chi connectivity index (χ1n) is 7.57. The van der Waals surface area contributed by atoms with Crippen molar-refractivity contribution in [2.75, 3.05) is 0 Å². The van der Waals surface area contributed by atoms with Crippen molar-refractivity contribution in [2.24, 2.45) is 0 Å². The molecule has 0 amide bonds. The molecule has 24 heavy (non-hydrogen) atoms. The minimum Gasteiger partial charge on any atom is -0.473 e. The number of nitrogens with zero attached hydrogens (tertiary/aromatic N) is 1. The first-order chi connectivity index (χ1) is 11.6. The lowest BCUT2D eigenvalue weighted by molar-refractivity contribution is 0.101. The quantitative estimate of drug-likeness (QED) is 0.641. The number of benzene rings is 2. The summed E-state index contributed by atoms with van der Waals surface area (Å²) in [5.74, 6) is -0.302. The number of carbonyl (C=O) groups excluding carboxylic acids is 1. The van der Waals surface area contributed by atoms with Crippen molar-refractivity contribution < 1.29 is 13.9 Å². The maximum absolute atomic E-state index is 13.6. The SMILES string of the molecule is CC(=O)c1cc(-c2ccc(OCc3ccccc3)nc2)ccc1F. The van der Waals surface area contributed by atoms with E-state index in [0.717, 1.165) is 16.7 Å². The van der Waals surface area contributed by atoms with Crippen molar-refractivity contribution in [1.82, 2.24) is 4.98 Å². The number of Topliss-reactive ketones (excluding diaryl/α,β-unsaturated/α-hetero) is 1. The van der Waals surface area contributed by atoms with Gasteiger partial charge in [-0.2, -0.15) is 0 Å². The van der Waals surface area contributed by atoms with Gasteiger partial charge in [0.05, 0.1) is 5.56 Å². The molecule has 3 aromatic rings. The molecule has 0 saturated carbocycles. The Morgan fingerprint density at radius 1 is 1.04 bits per heavy atom. The number of ether oxygens (including phenoxy) is 1. The number of carbonyl (C=O) groups is 1. The fourth-order valence-electron chi connectivity index (χ4n) is 2.34. The van der Waals surface area contributed by atoms with E-state index in [1.807, 2.05) is 36.4 Å². The molecule has 2 aromatic carbocycles. The molecule has 0 N–H and O–H groups in total. The summed E-state index contributed by atoms with van der Waals surface area (Å²) in [5.41, 5.74) is 2.68. The predicted molar refractivity (Wildman–Crippen MR) is 90.4 cm³/mol. The van der Waals surface area contributed by atoms with Gasteiger partial charge in [0.15, 0.2) is 5.78 Å². The van der Waals surface area contributed by atoms with Crippen LogP contribution in [-0.4, -0.2) is 10.8 Å². The molecule has 3 rings (SSSR count). The molecule has 0 atom stereocenters. The van der Waals surface area contributed by atoms with Crippen molar-refractivity contribution in [3.05, 3.63) is 83.8 Å². The summed E-state index contributed by atoms with van der Waals surface area (Å²) < 4.78 is 19.2. The van der Waals surface area contributed by atoms with Crippen LogP contribution in [0.4, 0.5) is 4.39 Å². The predicted octanol–water partition coefficient (Wildman–Crippen LogP) is 4.67. The van der Waals surface area contributed by atoms with Gasteiger partial charge in [-0.05, 0) is 36.2 Å². The van der Waals surface area contributed by atoms with Crippen LogP contribution in [0.5, 0.6) is 5.88 Å². The van der Waals surface area contributed by atoms with E-state index in [2.05, 4.69) is 4.98 Å². The standard InChI is InChI=1S/C20H16FNO2/c1-14(23)18-11-16(7-9-19(18)21)17-8-10-20(22-12-17)24-13-15-5-3-2-4-6-15/h2-12H,13H2,1H3. The van der Waals surface area contributed by atoms with Gasteiger partial charge < -0.3 is 4.74 Å². The first-order valence-corrected chi connectivity index (χ1v) is 7.57. The van der Waals surface area contributed by atoms with E-state index in [4.69, 9.17) is 4.74 Å². The Morgan fingerprint density at radius 3 is 2.46 bits per heavy atom. The van der Waals surface area contributed by atoms with Gasteiger partial charge in [-0.15, -0.1) is 0 Å². The van der Waals surface area contributed by atoms with E-state index in [9.17, 15) is 9.18 Å². The highest BCUT2D eigenvalue weighted by molar-refractivity contribution is 5.95. The molecule has 0 aliphatic rings. The van der Waals surface area contributed by atoms with Gasteiger partial charge in [-0.25, -0.2) is 9.37 Å². The van der Waals surface area contributed by atoms with Gasteiger partial charge in [-0.3, -0.25) is 4.79 Å². The van der Waals surface area contributed by atoms with Crippen molar-refractivity contribution in [1.29, 1.82) is 0 Å². The fourth-order valence-corrected chi connectivity index (χ4v) is 2.34. The summed E-state index contributed by atoms with van der Waals surface area (Å²) in [6.07, 6.45) is 1.65. The van der Waals surface area contributed by atoms with E-state index in [-0.39, 0.29) is 11.3 Å². The van der Waals surface area contributed by atoms with Gasteiger partial charge in [0.2, 0.25) is 5.88 Å². The minimum absolute atomic E-state index is 0.0805. The molecular weight excluding hydrogens is 305 g/mol. The second-order valence-electron chi connectivity index (χ2n) is 5.41. The topological polar surface area (TPSA) is 39.2 Å². The van der Waals surface area contributed by atoms with Crippen LogP contribution in [0, 0.1) is 5.82 Å². The van der Waals surface area contributed by atoms with Crippen molar-refractivity contribution >= 4 is 5.78 Å². The van der Waals surface area contributed by atoms with Crippen LogP contribution in [-0.2, 0) is 6.61 Å². The molecule has 0 spiro atoms. The zero-order valence-corrected chi connectivity index (χ0v) is 13.2. The van der Waals surface area contributed by atoms with Crippen LogP contribution in [0.2, 0.25) is 0 Å². The van der Waals surface area contributed by atoms with E-state index in [1.54, 1.807) is 24.4 Å². The first kappa shape index (κ1) is 15.9. The average Bonchev–Trinajstić information content (AvgIpc) is 2.61. The Bertz CT molecular complexity index is 845. The number of hydrogen-bond donors (Lipinski definition) is 0. The number of halogens is 1. The molecule has 0 unspecified atom stereocenters. The minimum atomic E-state index is -0.512. The number of hydrogen-bond acceptors (Lipinski definition) is 3. The Labute approximate surface area is 139 Å². The van der Waals surface area contributed by atoms with Gasteiger partial charge in [0.25, 0.3) is 0 Å². The lowest BCUT2D eigenvalue weighted by atomic mass is 10.0.